The fourth-order valence-corrected chi connectivity index (χ4v) is 7.44. The summed E-state index contributed by atoms with van der Waals surface area (Å²) in [6.45, 7) is 4.51. The van der Waals surface area contributed by atoms with Gasteiger partial charge in [0.05, 0.1) is 4.75 Å². The van der Waals surface area contributed by atoms with Gasteiger partial charge in [-0.25, -0.2) is 8.42 Å². The molecule has 0 heterocycles. The molecule has 27 heavy (non-hydrogen) atoms. The summed E-state index contributed by atoms with van der Waals surface area (Å²) in [6.07, 6.45) is 22.6. The molecule has 0 aromatic heterocycles. The predicted octanol–water partition coefficient (Wildman–Crippen LogP) is 7.32. The molecule has 2 saturated carbocycles. The van der Waals surface area contributed by atoms with E-state index in [1.807, 2.05) is 0 Å². The molecule has 0 radical (unpaired) electrons. The minimum atomic E-state index is -2.95. The highest BCUT2D eigenvalue weighted by Gasteiger charge is 2.44. The maximum atomic E-state index is 12.6. The van der Waals surface area contributed by atoms with Gasteiger partial charge in [0, 0.05) is 6.26 Å². The van der Waals surface area contributed by atoms with Crippen molar-refractivity contribution in [2.45, 2.75) is 128 Å². The van der Waals surface area contributed by atoms with Gasteiger partial charge in [0.2, 0.25) is 0 Å². The van der Waals surface area contributed by atoms with E-state index in [1.54, 1.807) is 0 Å². The summed E-state index contributed by atoms with van der Waals surface area (Å²) in [5, 5.41) is 0. The second-order valence-corrected chi connectivity index (χ2v) is 12.3. The van der Waals surface area contributed by atoms with Gasteiger partial charge in [-0.2, -0.15) is 0 Å². The Morgan fingerprint density at radius 3 is 1.85 bits per heavy atom. The van der Waals surface area contributed by atoms with Crippen LogP contribution >= 0.6 is 0 Å². The van der Waals surface area contributed by atoms with Crippen molar-refractivity contribution in [2.24, 2.45) is 17.8 Å². The molecule has 0 bridgehead atoms. The van der Waals surface area contributed by atoms with E-state index in [9.17, 15) is 8.42 Å². The summed E-state index contributed by atoms with van der Waals surface area (Å²) in [5.41, 5.74) is 0. The predicted molar refractivity (Wildman–Crippen MR) is 118 cm³/mol. The van der Waals surface area contributed by atoms with Gasteiger partial charge in [-0.15, -0.1) is 0 Å². The summed E-state index contributed by atoms with van der Waals surface area (Å²) >= 11 is 0. The minimum Gasteiger partial charge on any atom is -0.229 e. The summed E-state index contributed by atoms with van der Waals surface area (Å²) in [5.74, 6) is 2.65. The lowest BCUT2D eigenvalue weighted by atomic mass is 9.68. The highest BCUT2D eigenvalue weighted by atomic mass is 32.2. The molecule has 2 fully saturated rings. The molecule has 0 saturated heterocycles. The smallest absolute Gasteiger partial charge is 0.153 e. The monoisotopic (exact) mass is 398 g/mol. The first-order chi connectivity index (χ1) is 12.9. The molecule has 2 nitrogen and oxygen atoms in total. The first-order valence-electron chi connectivity index (χ1n) is 12.1. The number of rotatable bonds is 11. The van der Waals surface area contributed by atoms with Crippen LogP contribution in [0.2, 0.25) is 0 Å². The second kappa shape index (κ2) is 11.2. The fraction of sp³-hybridized carbons (Fsp3) is 1.00. The Morgan fingerprint density at radius 2 is 1.30 bits per heavy atom. The molecular weight excluding hydrogens is 352 g/mol. The highest BCUT2D eigenvalue weighted by Crippen LogP contribution is 2.47. The van der Waals surface area contributed by atoms with E-state index in [2.05, 4.69) is 13.8 Å². The zero-order valence-corrected chi connectivity index (χ0v) is 19.3. The fourth-order valence-electron chi connectivity index (χ4n) is 5.95. The van der Waals surface area contributed by atoms with Crippen LogP contribution in [0.1, 0.15) is 123 Å². The van der Waals surface area contributed by atoms with Crippen LogP contribution in [-0.4, -0.2) is 19.4 Å². The Labute approximate surface area is 170 Å². The van der Waals surface area contributed by atoms with Crippen molar-refractivity contribution in [2.75, 3.05) is 6.26 Å². The Bertz CT molecular complexity index is 494. The molecule has 0 amide bonds. The van der Waals surface area contributed by atoms with Crippen LogP contribution in [0.5, 0.6) is 0 Å². The minimum absolute atomic E-state index is 0.394. The molecule has 0 aromatic carbocycles. The van der Waals surface area contributed by atoms with Gasteiger partial charge in [0.15, 0.2) is 9.84 Å². The quantitative estimate of drug-likeness (QED) is 0.342. The van der Waals surface area contributed by atoms with Crippen LogP contribution in [-0.2, 0) is 9.84 Å². The maximum Gasteiger partial charge on any atom is 0.153 e. The standard InChI is InChI=1S/C24H46O2S/c1-4-6-8-10-18-24(27(3,25)26)19-16-23(17-20-24)22-14-12-21(13-15-22)11-9-7-5-2/h21-23H,4-20H2,1-3H3. The average molecular weight is 399 g/mol. The van der Waals surface area contributed by atoms with Gasteiger partial charge in [0.25, 0.3) is 0 Å². The van der Waals surface area contributed by atoms with Crippen LogP contribution in [0.4, 0.5) is 0 Å². The molecule has 2 aliphatic carbocycles. The van der Waals surface area contributed by atoms with Gasteiger partial charge in [-0.1, -0.05) is 78.1 Å². The topological polar surface area (TPSA) is 34.1 Å². The first-order valence-corrected chi connectivity index (χ1v) is 14.0. The molecule has 0 spiro atoms. The molecule has 0 atom stereocenters. The van der Waals surface area contributed by atoms with E-state index in [1.165, 1.54) is 76.9 Å². The second-order valence-electron chi connectivity index (χ2n) is 9.88. The molecule has 0 unspecified atom stereocenters. The zero-order valence-electron chi connectivity index (χ0n) is 18.5. The largest absolute Gasteiger partial charge is 0.229 e. The van der Waals surface area contributed by atoms with Gasteiger partial charge in [0.1, 0.15) is 0 Å². The van der Waals surface area contributed by atoms with Crippen LogP contribution < -0.4 is 0 Å². The van der Waals surface area contributed by atoms with E-state index < -0.39 is 14.6 Å². The van der Waals surface area contributed by atoms with Gasteiger partial charge in [-0.05, 0) is 62.7 Å². The average Bonchev–Trinajstić information content (AvgIpc) is 2.66. The Morgan fingerprint density at radius 1 is 0.741 bits per heavy atom. The lowest BCUT2D eigenvalue weighted by Gasteiger charge is -2.43. The first kappa shape index (κ1) is 23.2. The van der Waals surface area contributed by atoms with Gasteiger partial charge < -0.3 is 0 Å². The Balaban J connectivity index is 1.80. The lowest BCUT2D eigenvalue weighted by molar-refractivity contribution is 0.145. The summed E-state index contributed by atoms with van der Waals surface area (Å²) in [7, 11) is -2.95. The molecule has 0 aliphatic heterocycles. The number of hydrogen-bond donors (Lipinski definition) is 0. The Hall–Kier alpha value is -0.0500. The van der Waals surface area contributed by atoms with E-state index >= 15 is 0 Å². The van der Waals surface area contributed by atoms with Crippen LogP contribution in [0, 0.1) is 17.8 Å². The van der Waals surface area contributed by atoms with Crippen molar-refractivity contribution < 1.29 is 8.42 Å². The van der Waals surface area contributed by atoms with E-state index in [4.69, 9.17) is 0 Å². The van der Waals surface area contributed by atoms with Crippen molar-refractivity contribution in [3.8, 4) is 0 Å². The highest BCUT2D eigenvalue weighted by molar-refractivity contribution is 7.92. The normalized spacial score (nSPS) is 32.5. The molecular formula is C24H46O2S. The van der Waals surface area contributed by atoms with Crippen LogP contribution in [0.15, 0.2) is 0 Å². The third kappa shape index (κ3) is 6.75. The third-order valence-electron chi connectivity index (χ3n) is 7.99. The molecule has 0 aromatic rings. The maximum absolute atomic E-state index is 12.6. The van der Waals surface area contributed by atoms with Crippen molar-refractivity contribution in [3.05, 3.63) is 0 Å². The molecule has 2 aliphatic rings. The summed E-state index contributed by atoms with van der Waals surface area (Å²) in [4.78, 5) is 0. The summed E-state index contributed by atoms with van der Waals surface area (Å²) < 4.78 is 24.9. The molecule has 3 heteroatoms. The van der Waals surface area contributed by atoms with E-state index in [0.717, 1.165) is 56.3 Å². The van der Waals surface area contributed by atoms with Gasteiger partial charge >= 0.3 is 0 Å². The zero-order chi connectivity index (χ0) is 19.8. The number of hydrogen-bond acceptors (Lipinski definition) is 2. The number of unbranched alkanes of at least 4 members (excludes halogenated alkanes) is 5. The number of sulfone groups is 1. The van der Waals surface area contributed by atoms with E-state index in [-0.39, 0.29) is 0 Å². The SMILES string of the molecule is CCCCCCC1(S(C)(=O)=O)CCC(C2CCC(CCCCC)CC2)CC1. The van der Waals surface area contributed by atoms with Gasteiger partial charge in [-0.3, -0.25) is 0 Å². The van der Waals surface area contributed by atoms with Crippen LogP contribution in [0.25, 0.3) is 0 Å². The molecule has 0 N–H and O–H groups in total. The third-order valence-corrected chi connectivity index (χ3v) is 10.2. The molecule has 160 valence electrons. The van der Waals surface area contributed by atoms with Crippen molar-refractivity contribution in [1.29, 1.82) is 0 Å². The van der Waals surface area contributed by atoms with Crippen molar-refractivity contribution in [3.63, 3.8) is 0 Å². The van der Waals surface area contributed by atoms with E-state index in [0.29, 0.717) is 0 Å². The van der Waals surface area contributed by atoms with Crippen molar-refractivity contribution in [1.82, 2.24) is 0 Å². The van der Waals surface area contributed by atoms with Crippen LogP contribution in [0.3, 0.4) is 0 Å². The summed E-state index contributed by atoms with van der Waals surface area (Å²) in [6, 6.07) is 0. The molecule has 2 rings (SSSR count). The Kier molecular flexibility index (Phi) is 9.65. The van der Waals surface area contributed by atoms with Crippen molar-refractivity contribution >= 4 is 9.84 Å². The lowest BCUT2D eigenvalue weighted by Crippen LogP contribution is -2.43.